The van der Waals surface area contributed by atoms with Gasteiger partial charge in [-0.2, -0.15) is 4.98 Å². The molecule has 2 saturated heterocycles. The van der Waals surface area contributed by atoms with Crippen LogP contribution in [0.2, 0.25) is 0 Å². The van der Waals surface area contributed by atoms with Crippen LogP contribution in [-0.2, 0) is 0 Å². The molecule has 0 atom stereocenters. The normalized spacial score (nSPS) is 17.8. The second-order valence-electron chi connectivity index (χ2n) is 9.02. The van der Waals surface area contributed by atoms with E-state index in [0.29, 0.717) is 22.7 Å². The third-order valence-electron chi connectivity index (χ3n) is 6.55. The van der Waals surface area contributed by atoms with Gasteiger partial charge in [0.2, 0.25) is 5.95 Å². The number of piperazine rings is 1. The van der Waals surface area contributed by atoms with Crippen molar-refractivity contribution < 1.29 is 9.53 Å². The van der Waals surface area contributed by atoms with Gasteiger partial charge in [0, 0.05) is 64.1 Å². The number of thiazole rings is 1. The van der Waals surface area contributed by atoms with Gasteiger partial charge in [0.25, 0.3) is 5.91 Å². The second kappa shape index (κ2) is 11.2. The van der Waals surface area contributed by atoms with Gasteiger partial charge in [-0.05, 0) is 32.5 Å². The zero-order valence-electron chi connectivity index (χ0n) is 20.6. The minimum atomic E-state index is -0.0316. The molecule has 0 bridgehead atoms. The second-order valence-corrected chi connectivity index (χ2v) is 10.1. The number of piperidine rings is 1. The molecule has 12 heteroatoms. The lowest BCUT2D eigenvalue weighted by molar-refractivity contribution is 0.0642. The summed E-state index contributed by atoms with van der Waals surface area (Å²) in [5, 5.41) is 3.75. The molecule has 0 unspecified atom stereocenters. The molecule has 36 heavy (non-hydrogen) atoms. The quantitative estimate of drug-likeness (QED) is 0.509. The highest BCUT2D eigenvalue weighted by Crippen LogP contribution is 2.29. The minimum Gasteiger partial charge on any atom is -0.460 e. The van der Waals surface area contributed by atoms with Gasteiger partial charge >= 0.3 is 6.01 Å². The number of nitrogens with zero attached hydrogens (tertiary/aromatic N) is 8. The Morgan fingerprint density at radius 1 is 1.06 bits per heavy atom. The number of likely N-dealkylation sites (N-methyl/N-ethyl adjacent to an activating group) is 1. The summed E-state index contributed by atoms with van der Waals surface area (Å²) in [6.45, 7) is 8.42. The van der Waals surface area contributed by atoms with Crippen LogP contribution >= 0.6 is 11.3 Å². The van der Waals surface area contributed by atoms with E-state index in [9.17, 15) is 4.79 Å². The van der Waals surface area contributed by atoms with E-state index >= 15 is 0 Å². The van der Waals surface area contributed by atoms with Gasteiger partial charge in [0.05, 0.1) is 16.1 Å². The van der Waals surface area contributed by atoms with Crippen molar-refractivity contribution in [1.29, 1.82) is 0 Å². The number of aromatic nitrogens is 5. The Hall–Kier alpha value is -3.22. The van der Waals surface area contributed by atoms with Crippen LogP contribution in [0.4, 0.5) is 11.1 Å². The lowest BCUT2D eigenvalue weighted by Crippen LogP contribution is -2.48. The number of ether oxygens (including phenoxy) is 1. The summed E-state index contributed by atoms with van der Waals surface area (Å²) in [4.78, 5) is 42.1. The van der Waals surface area contributed by atoms with Crippen molar-refractivity contribution in [3.8, 4) is 16.6 Å². The maximum Gasteiger partial charge on any atom is 0.317 e. The third kappa shape index (κ3) is 5.94. The molecule has 11 nitrogen and oxygen atoms in total. The fourth-order valence-electron chi connectivity index (χ4n) is 4.29. The number of hydrogen-bond acceptors (Lipinski definition) is 11. The Kier molecular flexibility index (Phi) is 7.63. The van der Waals surface area contributed by atoms with E-state index in [1.54, 1.807) is 24.8 Å². The molecule has 0 spiro atoms. The van der Waals surface area contributed by atoms with Gasteiger partial charge in [-0.15, -0.1) is 0 Å². The van der Waals surface area contributed by atoms with E-state index in [2.05, 4.69) is 54.0 Å². The van der Waals surface area contributed by atoms with Crippen molar-refractivity contribution in [3.63, 3.8) is 0 Å². The average molecular weight is 510 g/mol. The molecule has 1 N–H and O–H groups in total. The molecule has 0 aliphatic carbocycles. The molecule has 3 aromatic rings. The van der Waals surface area contributed by atoms with Gasteiger partial charge in [0.1, 0.15) is 6.10 Å². The molecular formula is C24H31N9O2S. The molecule has 5 rings (SSSR count). The molecule has 2 aliphatic rings. The standard InChI is InChI=1S/C24H31N9O2S/c1-3-32-10-12-33(13-11-32)21(34)17-14-26-22(27-15-17)30-24-28-16-20(36-24)19-4-7-25-23(29-19)35-18-5-8-31(2)9-6-18/h4,7,14-16,18H,3,5-6,8-13H2,1-2H3,(H,26,27,28,30). The minimum absolute atomic E-state index is 0.0316. The first-order valence-electron chi connectivity index (χ1n) is 12.3. The molecule has 1 amide bonds. The van der Waals surface area contributed by atoms with Gasteiger partial charge < -0.3 is 24.8 Å². The van der Waals surface area contributed by atoms with Crippen LogP contribution in [-0.4, -0.2) is 104 Å². The van der Waals surface area contributed by atoms with Crippen molar-refractivity contribution >= 4 is 28.3 Å². The van der Waals surface area contributed by atoms with E-state index in [4.69, 9.17) is 4.74 Å². The summed E-state index contributed by atoms with van der Waals surface area (Å²) >= 11 is 1.44. The first-order chi connectivity index (χ1) is 17.6. The molecule has 0 saturated carbocycles. The number of rotatable bonds is 7. The van der Waals surface area contributed by atoms with Crippen molar-refractivity contribution in [2.75, 3.05) is 58.2 Å². The van der Waals surface area contributed by atoms with Gasteiger partial charge in [-0.1, -0.05) is 18.3 Å². The van der Waals surface area contributed by atoms with Crippen LogP contribution in [0.1, 0.15) is 30.1 Å². The highest BCUT2D eigenvalue weighted by Gasteiger charge is 2.22. The maximum atomic E-state index is 12.8. The van der Waals surface area contributed by atoms with Crippen LogP contribution < -0.4 is 10.1 Å². The van der Waals surface area contributed by atoms with E-state index in [0.717, 1.165) is 69.2 Å². The van der Waals surface area contributed by atoms with Crippen molar-refractivity contribution in [2.24, 2.45) is 0 Å². The smallest absolute Gasteiger partial charge is 0.317 e. The van der Waals surface area contributed by atoms with E-state index < -0.39 is 0 Å². The monoisotopic (exact) mass is 509 g/mol. The zero-order chi connectivity index (χ0) is 24.9. The lowest BCUT2D eigenvalue weighted by atomic mass is 10.1. The SMILES string of the molecule is CCN1CCN(C(=O)c2cnc(Nc3ncc(-c4ccnc(OC5CCN(C)CC5)n4)s3)nc2)CC1. The Labute approximate surface area is 214 Å². The molecule has 190 valence electrons. The molecule has 0 aromatic carbocycles. The highest BCUT2D eigenvalue weighted by atomic mass is 32.1. The molecule has 2 aliphatic heterocycles. The molecule has 3 aromatic heterocycles. The summed E-state index contributed by atoms with van der Waals surface area (Å²) in [7, 11) is 2.12. The number of anilines is 2. The summed E-state index contributed by atoms with van der Waals surface area (Å²) in [6.07, 6.45) is 8.67. The van der Waals surface area contributed by atoms with Gasteiger partial charge in [-0.3, -0.25) is 4.79 Å². The van der Waals surface area contributed by atoms with Crippen molar-refractivity contribution in [3.05, 3.63) is 36.4 Å². The summed E-state index contributed by atoms with van der Waals surface area (Å²) in [6, 6.07) is 2.24. The third-order valence-corrected chi connectivity index (χ3v) is 7.49. The maximum absolute atomic E-state index is 12.8. The predicted molar refractivity (Wildman–Crippen MR) is 138 cm³/mol. The fourth-order valence-corrected chi connectivity index (χ4v) is 5.07. The van der Waals surface area contributed by atoms with Crippen LogP contribution in [0.5, 0.6) is 6.01 Å². The topological polar surface area (TPSA) is 112 Å². The van der Waals surface area contributed by atoms with Crippen molar-refractivity contribution in [2.45, 2.75) is 25.9 Å². The molecule has 0 radical (unpaired) electrons. The Morgan fingerprint density at radius 3 is 2.53 bits per heavy atom. The van der Waals surface area contributed by atoms with E-state index in [1.165, 1.54) is 11.3 Å². The first kappa shape index (κ1) is 24.5. The van der Waals surface area contributed by atoms with Gasteiger partial charge in [0.15, 0.2) is 5.13 Å². The van der Waals surface area contributed by atoms with Crippen LogP contribution in [0, 0.1) is 0 Å². The summed E-state index contributed by atoms with van der Waals surface area (Å²) in [5.74, 6) is 0.355. The number of carbonyl (C=O) groups excluding carboxylic acids is 1. The van der Waals surface area contributed by atoms with Crippen LogP contribution in [0.3, 0.4) is 0 Å². The Morgan fingerprint density at radius 2 is 1.81 bits per heavy atom. The number of likely N-dealkylation sites (tertiary alicyclic amines) is 1. The molecular weight excluding hydrogens is 478 g/mol. The molecule has 5 heterocycles. The fraction of sp³-hybridized carbons (Fsp3) is 0.500. The Balaban J connectivity index is 1.18. The zero-order valence-corrected chi connectivity index (χ0v) is 21.4. The van der Waals surface area contributed by atoms with Gasteiger partial charge in [-0.25, -0.2) is 19.9 Å². The summed E-state index contributed by atoms with van der Waals surface area (Å²) < 4.78 is 6.02. The first-order valence-corrected chi connectivity index (χ1v) is 13.1. The van der Waals surface area contributed by atoms with E-state index in [1.807, 2.05) is 11.0 Å². The van der Waals surface area contributed by atoms with Crippen LogP contribution in [0.15, 0.2) is 30.9 Å². The molecule has 2 fully saturated rings. The highest BCUT2D eigenvalue weighted by molar-refractivity contribution is 7.18. The number of amides is 1. The average Bonchev–Trinajstić information content (AvgIpc) is 3.39. The van der Waals surface area contributed by atoms with E-state index in [-0.39, 0.29) is 12.0 Å². The predicted octanol–water partition coefficient (Wildman–Crippen LogP) is 2.38. The van der Waals surface area contributed by atoms with Crippen molar-refractivity contribution in [1.82, 2.24) is 39.6 Å². The number of carbonyl (C=O) groups is 1. The summed E-state index contributed by atoms with van der Waals surface area (Å²) in [5.41, 5.74) is 1.24. The number of nitrogens with one attached hydrogen (secondary N) is 1. The Bertz CT molecular complexity index is 1160. The lowest BCUT2D eigenvalue weighted by Gasteiger charge is -2.33. The van der Waals surface area contributed by atoms with Crippen LogP contribution in [0.25, 0.3) is 10.6 Å². The number of hydrogen-bond donors (Lipinski definition) is 1. The largest absolute Gasteiger partial charge is 0.460 e.